The number of nitrogens with two attached hydrogens (primary N) is 1. The number of likely N-dealkylation sites (tertiary alicyclic amines) is 1. The van der Waals surface area contributed by atoms with Crippen LogP contribution < -0.4 is 15.2 Å². The molecule has 0 unspecified atom stereocenters. The van der Waals surface area contributed by atoms with Crippen molar-refractivity contribution < 1.29 is 14.3 Å². The zero-order chi connectivity index (χ0) is 15.5. The summed E-state index contributed by atoms with van der Waals surface area (Å²) in [5, 5.41) is 0. The average molecular weight is 304 g/mol. The van der Waals surface area contributed by atoms with E-state index in [0.29, 0.717) is 18.6 Å². The summed E-state index contributed by atoms with van der Waals surface area (Å²) < 4.78 is 11.6. The van der Waals surface area contributed by atoms with Gasteiger partial charge in [-0.1, -0.05) is 6.07 Å². The molecule has 2 aliphatic rings. The van der Waals surface area contributed by atoms with E-state index in [1.165, 1.54) is 18.4 Å². The van der Waals surface area contributed by atoms with E-state index < -0.39 is 0 Å². The van der Waals surface area contributed by atoms with Gasteiger partial charge in [0.25, 0.3) is 0 Å². The van der Waals surface area contributed by atoms with E-state index in [0.717, 1.165) is 37.3 Å². The van der Waals surface area contributed by atoms with Gasteiger partial charge in [-0.3, -0.25) is 0 Å². The van der Waals surface area contributed by atoms with Crippen LogP contribution in [0.25, 0.3) is 0 Å². The van der Waals surface area contributed by atoms with Crippen molar-refractivity contribution in [2.24, 2.45) is 5.73 Å². The summed E-state index contributed by atoms with van der Waals surface area (Å²) in [5.74, 6) is 1.93. The van der Waals surface area contributed by atoms with Gasteiger partial charge in [-0.15, -0.1) is 0 Å². The van der Waals surface area contributed by atoms with Crippen LogP contribution in [-0.2, 0) is 0 Å². The summed E-state index contributed by atoms with van der Waals surface area (Å²) in [6, 6.07) is 5.77. The Morgan fingerprint density at radius 1 is 1.23 bits per heavy atom. The van der Waals surface area contributed by atoms with Crippen molar-refractivity contribution in [3.05, 3.63) is 23.8 Å². The number of carbonyl (C=O) groups is 1. The molecule has 1 aliphatic heterocycles. The Hall–Kier alpha value is -1.91. The van der Waals surface area contributed by atoms with Gasteiger partial charge in [0, 0.05) is 19.0 Å². The number of urea groups is 1. The maximum absolute atomic E-state index is 11.3. The summed E-state index contributed by atoms with van der Waals surface area (Å²) in [6.07, 6.45) is 5.96. The first kappa shape index (κ1) is 15.0. The third kappa shape index (κ3) is 3.13. The Morgan fingerprint density at radius 3 is 2.64 bits per heavy atom. The van der Waals surface area contributed by atoms with Crippen molar-refractivity contribution in [1.29, 1.82) is 0 Å². The molecule has 2 N–H and O–H groups in total. The smallest absolute Gasteiger partial charge is 0.314 e. The summed E-state index contributed by atoms with van der Waals surface area (Å²) in [6.45, 7) is 1.41. The van der Waals surface area contributed by atoms with Crippen LogP contribution in [0.15, 0.2) is 18.2 Å². The lowest BCUT2D eigenvalue weighted by atomic mass is 9.98. The first-order valence-corrected chi connectivity index (χ1v) is 8.06. The maximum Gasteiger partial charge on any atom is 0.314 e. The molecule has 1 saturated carbocycles. The van der Waals surface area contributed by atoms with Crippen LogP contribution in [0.4, 0.5) is 4.79 Å². The number of methoxy groups -OCH3 is 1. The molecule has 1 aromatic rings. The predicted molar refractivity (Wildman–Crippen MR) is 84.4 cm³/mol. The van der Waals surface area contributed by atoms with Crippen molar-refractivity contribution >= 4 is 6.03 Å². The Morgan fingerprint density at radius 2 is 2.00 bits per heavy atom. The highest BCUT2D eigenvalue weighted by Crippen LogP contribution is 2.36. The van der Waals surface area contributed by atoms with E-state index >= 15 is 0 Å². The molecule has 0 spiro atoms. The number of hydrogen-bond donors (Lipinski definition) is 1. The van der Waals surface area contributed by atoms with Gasteiger partial charge in [-0.2, -0.15) is 0 Å². The fourth-order valence-corrected chi connectivity index (χ4v) is 3.46. The zero-order valence-corrected chi connectivity index (χ0v) is 13.1. The Kier molecular flexibility index (Phi) is 4.41. The number of ether oxygens (including phenoxy) is 2. The number of benzene rings is 1. The van der Waals surface area contributed by atoms with Gasteiger partial charge < -0.3 is 20.1 Å². The van der Waals surface area contributed by atoms with Crippen LogP contribution in [0, 0.1) is 0 Å². The number of rotatable bonds is 4. The lowest BCUT2D eigenvalue weighted by molar-refractivity contribution is 0.200. The summed E-state index contributed by atoms with van der Waals surface area (Å²) in [4.78, 5) is 13.0. The molecule has 1 aromatic carbocycles. The molecule has 0 aromatic heterocycles. The van der Waals surface area contributed by atoms with Crippen LogP contribution in [0.2, 0.25) is 0 Å². The highest BCUT2D eigenvalue weighted by molar-refractivity contribution is 5.72. The number of carbonyl (C=O) groups excluding carboxylic acids is 1. The van der Waals surface area contributed by atoms with Gasteiger partial charge in [0.05, 0.1) is 13.2 Å². The third-order valence-electron chi connectivity index (χ3n) is 4.75. The summed E-state index contributed by atoms with van der Waals surface area (Å²) >= 11 is 0. The van der Waals surface area contributed by atoms with Crippen LogP contribution in [0.5, 0.6) is 11.5 Å². The summed E-state index contributed by atoms with van der Waals surface area (Å²) in [5.41, 5.74) is 6.56. The molecule has 0 radical (unpaired) electrons. The van der Waals surface area contributed by atoms with E-state index in [4.69, 9.17) is 15.2 Å². The van der Waals surface area contributed by atoms with Crippen molar-refractivity contribution in [2.45, 2.75) is 44.1 Å². The molecule has 22 heavy (non-hydrogen) atoms. The SMILES string of the molecule is COc1ccc([C@@H]2CCN(C(N)=O)C2)cc1OC1CCCC1. The van der Waals surface area contributed by atoms with Gasteiger partial charge >= 0.3 is 6.03 Å². The highest BCUT2D eigenvalue weighted by atomic mass is 16.5. The van der Waals surface area contributed by atoms with Gasteiger partial charge in [0.15, 0.2) is 11.5 Å². The molecular weight excluding hydrogens is 280 g/mol. The molecule has 3 rings (SSSR count). The molecule has 5 nitrogen and oxygen atoms in total. The highest BCUT2D eigenvalue weighted by Gasteiger charge is 2.27. The normalized spacial score (nSPS) is 22.0. The van der Waals surface area contributed by atoms with Crippen LogP contribution >= 0.6 is 0 Å². The minimum atomic E-state index is -0.335. The minimum absolute atomic E-state index is 0.301. The second-order valence-corrected chi connectivity index (χ2v) is 6.20. The Balaban J connectivity index is 1.76. The van der Waals surface area contributed by atoms with Gasteiger partial charge in [0.2, 0.25) is 0 Å². The molecule has 0 bridgehead atoms. The molecular formula is C17H24N2O3. The molecule has 1 aliphatic carbocycles. The fraction of sp³-hybridized carbons (Fsp3) is 0.588. The van der Waals surface area contributed by atoms with Crippen LogP contribution in [0.3, 0.4) is 0 Å². The fourth-order valence-electron chi connectivity index (χ4n) is 3.46. The van der Waals surface area contributed by atoms with Gasteiger partial charge in [-0.05, 0) is 49.8 Å². The monoisotopic (exact) mass is 304 g/mol. The molecule has 2 amide bonds. The average Bonchev–Trinajstić information content (AvgIpc) is 3.18. The Bertz CT molecular complexity index is 541. The zero-order valence-electron chi connectivity index (χ0n) is 13.1. The lowest BCUT2D eigenvalue weighted by Gasteiger charge is -2.19. The first-order valence-electron chi connectivity index (χ1n) is 8.06. The van der Waals surface area contributed by atoms with E-state index in [2.05, 4.69) is 12.1 Å². The standard InChI is InChI=1S/C17H24N2O3/c1-21-15-7-6-12(13-8-9-19(11-13)17(18)20)10-16(15)22-14-4-2-3-5-14/h6-7,10,13-14H,2-5,8-9,11H2,1H3,(H2,18,20)/t13-/m1/s1. The number of nitrogens with zero attached hydrogens (tertiary/aromatic N) is 1. The molecule has 120 valence electrons. The molecule has 1 heterocycles. The summed E-state index contributed by atoms with van der Waals surface area (Å²) in [7, 11) is 1.67. The van der Waals surface area contributed by atoms with Crippen LogP contribution in [-0.4, -0.2) is 37.2 Å². The van der Waals surface area contributed by atoms with E-state index in [1.807, 2.05) is 6.07 Å². The van der Waals surface area contributed by atoms with Crippen molar-refractivity contribution in [1.82, 2.24) is 4.90 Å². The molecule has 2 fully saturated rings. The van der Waals surface area contributed by atoms with Gasteiger partial charge in [0.1, 0.15) is 0 Å². The van der Waals surface area contributed by atoms with Crippen molar-refractivity contribution in [2.75, 3.05) is 20.2 Å². The third-order valence-corrected chi connectivity index (χ3v) is 4.75. The second-order valence-electron chi connectivity index (χ2n) is 6.20. The van der Waals surface area contributed by atoms with E-state index in [1.54, 1.807) is 12.0 Å². The van der Waals surface area contributed by atoms with Crippen molar-refractivity contribution in [3.63, 3.8) is 0 Å². The molecule has 1 saturated heterocycles. The molecule has 1 atom stereocenters. The second kappa shape index (κ2) is 6.46. The largest absolute Gasteiger partial charge is 0.493 e. The van der Waals surface area contributed by atoms with Crippen molar-refractivity contribution in [3.8, 4) is 11.5 Å². The number of amides is 2. The lowest BCUT2D eigenvalue weighted by Crippen LogP contribution is -2.33. The topological polar surface area (TPSA) is 64.8 Å². The molecule has 5 heteroatoms. The van der Waals surface area contributed by atoms with E-state index in [-0.39, 0.29) is 6.03 Å². The Labute approximate surface area is 131 Å². The first-order chi connectivity index (χ1) is 10.7. The quantitative estimate of drug-likeness (QED) is 0.930. The number of primary amides is 1. The van der Waals surface area contributed by atoms with Gasteiger partial charge in [-0.25, -0.2) is 4.79 Å². The maximum atomic E-state index is 11.3. The minimum Gasteiger partial charge on any atom is -0.493 e. The van der Waals surface area contributed by atoms with E-state index in [9.17, 15) is 4.79 Å². The predicted octanol–water partition coefficient (Wildman–Crippen LogP) is 2.88. The number of hydrogen-bond acceptors (Lipinski definition) is 3. The van der Waals surface area contributed by atoms with Crippen LogP contribution in [0.1, 0.15) is 43.6 Å².